The molecule has 0 unspecified atom stereocenters. The number of aryl methyl sites for hydroxylation is 1. The van der Waals surface area contributed by atoms with Crippen molar-refractivity contribution in [2.45, 2.75) is 44.4 Å². The number of aromatic nitrogens is 2. The van der Waals surface area contributed by atoms with E-state index < -0.39 is 11.7 Å². The summed E-state index contributed by atoms with van der Waals surface area (Å²) in [7, 11) is 1.92. The van der Waals surface area contributed by atoms with Gasteiger partial charge in [0.15, 0.2) is 0 Å². The van der Waals surface area contributed by atoms with Crippen molar-refractivity contribution in [3.8, 4) is 0 Å². The van der Waals surface area contributed by atoms with Crippen LogP contribution in [0.1, 0.15) is 36.8 Å². The standard InChI is InChI=1S/C12H11F3N2.C5H9I2N.Pt/c1-16-6-7-17(9-16)8-10-2-4-11(5-3-10)12(13,14)15;6-8(7)5-3-1-2-4-5;/h2-7H,8H2,1H3;5H,1-4H2;. The molecule has 1 aliphatic rings. The van der Waals surface area contributed by atoms with Crippen LogP contribution in [0.4, 0.5) is 13.2 Å². The van der Waals surface area contributed by atoms with Crippen molar-refractivity contribution in [2.75, 3.05) is 0 Å². The summed E-state index contributed by atoms with van der Waals surface area (Å²) in [6, 6.07) is 6.13. The van der Waals surface area contributed by atoms with E-state index in [1.807, 2.05) is 28.6 Å². The predicted molar refractivity (Wildman–Crippen MR) is 109 cm³/mol. The normalized spacial score (nSPS) is 15.3. The quantitative estimate of drug-likeness (QED) is 0.280. The molecule has 1 aromatic carbocycles. The number of hydrogen-bond donors (Lipinski definition) is 0. The Labute approximate surface area is 190 Å². The van der Waals surface area contributed by atoms with Crippen molar-refractivity contribution in [1.29, 1.82) is 0 Å². The van der Waals surface area contributed by atoms with Crippen molar-refractivity contribution in [2.24, 2.45) is 7.05 Å². The SMILES string of the molecule is Cn1ccn(Cc2ccc(C(F)(F)F)cc2)[c]1=[Pt].IN(I)C1CCCC1. The molecule has 3 rings (SSSR count). The minimum Gasteiger partial charge on any atom is -0.185 e. The van der Waals surface area contributed by atoms with Gasteiger partial charge in [0.1, 0.15) is 0 Å². The third-order valence-electron chi connectivity index (χ3n) is 4.19. The number of benzene rings is 1. The number of hydrogen-bond acceptors (Lipinski definition) is 1. The maximum absolute atomic E-state index is 12.4. The first-order valence-electron chi connectivity index (χ1n) is 8.12. The van der Waals surface area contributed by atoms with Crippen LogP contribution in [-0.2, 0) is 39.1 Å². The number of halogens is 5. The van der Waals surface area contributed by atoms with Crippen LogP contribution in [0.25, 0.3) is 0 Å². The fourth-order valence-corrected chi connectivity index (χ4v) is 4.34. The zero-order valence-corrected chi connectivity index (χ0v) is 20.7. The summed E-state index contributed by atoms with van der Waals surface area (Å²) < 4.78 is 44.4. The Hall–Kier alpha value is 0.328. The summed E-state index contributed by atoms with van der Waals surface area (Å²) in [5.74, 6) is 0. The molecule has 0 spiro atoms. The molecule has 0 atom stereocenters. The van der Waals surface area contributed by atoms with Crippen LogP contribution in [0.2, 0.25) is 0 Å². The number of imidazole rings is 1. The van der Waals surface area contributed by atoms with Gasteiger partial charge in [-0.15, -0.1) is 0 Å². The van der Waals surface area contributed by atoms with Gasteiger partial charge in [-0.05, 0) is 12.8 Å². The van der Waals surface area contributed by atoms with Crippen molar-refractivity contribution < 1.29 is 32.5 Å². The molecule has 148 valence electrons. The van der Waals surface area contributed by atoms with Crippen LogP contribution in [-0.4, -0.2) is 16.5 Å². The summed E-state index contributed by atoms with van der Waals surface area (Å²) in [4.78, 5) is 0. The monoisotopic (exact) mass is 772 g/mol. The molecule has 3 nitrogen and oxygen atoms in total. The predicted octanol–water partition coefficient (Wildman–Crippen LogP) is 5.90. The fraction of sp³-hybridized carbons (Fsp3) is 0.471. The van der Waals surface area contributed by atoms with Gasteiger partial charge < -0.3 is 0 Å². The Morgan fingerprint density at radius 3 is 2.08 bits per heavy atom. The maximum atomic E-state index is 12.4. The molecule has 1 aliphatic carbocycles. The zero-order chi connectivity index (χ0) is 19.3. The minimum absolute atomic E-state index is 0.567. The Morgan fingerprint density at radius 2 is 1.69 bits per heavy atom. The molecular weight excluding hydrogens is 752 g/mol. The Balaban J connectivity index is 0.000000254. The molecule has 1 fully saturated rings. The molecular formula is C17H20F3I2N3Pt. The molecule has 0 aliphatic heterocycles. The molecule has 1 aromatic heterocycles. The number of rotatable bonds is 3. The van der Waals surface area contributed by atoms with Crippen LogP contribution in [0.5, 0.6) is 0 Å². The third kappa shape index (κ3) is 6.74. The molecule has 2 aromatic rings. The average molecular weight is 772 g/mol. The van der Waals surface area contributed by atoms with Crippen molar-refractivity contribution >= 4 is 45.7 Å². The van der Waals surface area contributed by atoms with Gasteiger partial charge in [-0.25, -0.2) is 0 Å². The smallest absolute Gasteiger partial charge is 0.0311 e. The third-order valence-corrected chi connectivity index (χ3v) is 7.22. The number of alkyl halides is 3. The van der Waals surface area contributed by atoms with Gasteiger partial charge in [-0.1, -0.05) is 12.8 Å². The van der Waals surface area contributed by atoms with E-state index in [4.69, 9.17) is 0 Å². The van der Waals surface area contributed by atoms with E-state index in [0.29, 0.717) is 6.54 Å². The van der Waals surface area contributed by atoms with E-state index in [-0.39, 0.29) is 0 Å². The zero-order valence-electron chi connectivity index (χ0n) is 14.1. The Morgan fingerprint density at radius 1 is 1.12 bits per heavy atom. The van der Waals surface area contributed by atoms with Crippen molar-refractivity contribution in [3.05, 3.63) is 51.6 Å². The van der Waals surface area contributed by atoms with Crippen molar-refractivity contribution in [3.63, 3.8) is 0 Å². The summed E-state index contributed by atoms with van der Waals surface area (Å²) in [6.45, 7) is 0.567. The molecule has 9 heteroatoms. The Kier molecular flexibility index (Phi) is 8.88. The van der Waals surface area contributed by atoms with Crippen molar-refractivity contribution in [1.82, 2.24) is 10.5 Å². The molecule has 0 amide bonds. The molecule has 1 saturated carbocycles. The van der Waals surface area contributed by atoms with Gasteiger partial charge in [0.25, 0.3) is 0 Å². The molecule has 0 saturated heterocycles. The van der Waals surface area contributed by atoms with E-state index in [2.05, 4.69) is 66.4 Å². The molecule has 0 radical (unpaired) electrons. The second-order valence-electron chi connectivity index (χ2n) is 6.17. The first-order chi connectivity index (χ1) is 12.2. The molecule has 26 heavy (non-hydrogen) atoms. The van der Waals surface area contributed by atoms with Gasteiger partial charge in [-0.3, -0.25) is 0 Å². The average Bonchev–Trinajstić information content (AvgIpc) is 3.21. The van der Waals surface area contributed by atoms with E-state index >= 15 is 0 Å². The van der Waals surface area contributed by atoms with E-state index in [1.165, 1.54) is 37.8 Å². The summed E-state index contributed by atoms with van der Waals surface area (Å²) in [5, 5.41) is 0. The summed E-state index contributed by atoms with van der Waals surface area (Å²) in [5.41, 5.74) is 0.233. The van der Waals surface area contributed by atoms with E-state index in [1.54, 1.807) is 0 Å². The largest absolute Gasteiger partial charge is 0.185 e. The number of nitrogens with zero attached hydrogens (tertiary/aromatic N) is 3. The van der Waals surface area contributed by atoms with E-state index in [0.717, 1.165) is 27.5 Å². The van der Waals surface area contributed by atoms with Gasteiger partial charge in [0.2, 0.25) is 0 Å². The summed E-state index contributed by atoms with van der Waals surface area (Å²) in [6.07, 6.45) is 5.23. The molecule has 1 heterocycles. The van der Waals surface area contributed by atoms with Crippen LogP contribution < -0.4 is 0 Å². The van der Waals surface area contributed by atoms with Crippen LogP contribution >= 0.6 is 45.7 Å². The second kappa shape index (κ2) is 10.2. The van der Waals surface area contributed by atoms with Gasteiger partial charge in [0.05, 0.1) is 0 Å². The Bertz CT molecular complexity index is 748. The summed E-state index contributed by atoms with van der Waals surface area (Å²) >= 11 is 6.90. The van der Waals surface area contributed by atoms with E-state index in [9.17, 15) is 13.2 Å². The fourth-order valence-electron chi connectivity index (χ4n) is 2.71. The van der Waals surface area contributed by atoms with Gasteiger partial charge in [-0.2, -0.15) is 1.33 Å². The van der Waals surface area contributed by atoms with Gasteiger partial charge >= 0.3 is 113 Å². The molecule has 0 bridgehead atoms. The van der Waals surface area contributed by atoms with Gasteiger partial charge in [0, 0.05) is 51.8 Å². The first-order valence-corrected chi connectivity index (χ1v) is 11.2. The van der Waals surface area contributed by atoms with Crippen LogP contribution in [0.15, 0.2) is 36.7 Å². The van der Waals surface area contributed by atoms with Crippen LogP contribution in [0.3, 0.4) is 0 Å². The first kappa shape index (κ1) is 22.6. The minimum atomic E-state index is -4.27. The van der Waals surface area contributed by atoms with Crippen LogP contribution in [0, 0.1) is 3.80 Å². The second-order valence-corrected chi connectivity index (χ2v) is 11.1. The maximum Gasteiger partial charge on any atom is 0.0311 e. The topological polar surface area (TPSA) is 13.1 Å². The molecule has 0 N–H and O–H groups in total.